The number of halogens is 6. The number of alkyl halides is 6. The van der Waals surface area contributed by atoms with Crippen molar-refractivity contribution in [1.29, 1.82) is 0 Å². The van der Waals surface area contributed by atoms with Crippen molar-refractivity contribution in [3.63, 3.8) is 0 Å². The van der Waals surface area contributed by atoms with Crippen molar-refractivity contribution in [2.45, 2.75) is 72.8 Å². The van der Waals surface area contributed by atoms with Crippen LogP contribution in [0.2, 0.25) is 0 Å². The Hall–Kier alpha value is -1.48. The second-order valence-corrected chi connectivity index (χ2v) is 6.04. The van der Waals surface area contributed by atoms with E-state index in [-0.39, 0.29) is 5.92 Å². The third-order valence-corrected chi connectivity index (χ3v) is 3.30. The van der Waals surface area contributed by atoms with Gasteiger partial charge in [0.05, 0.1) is 5.41 Å². The van der Waals surface area contributed by atoms with Crippen LogP contribution < -0.4 is 0 Å². The van der Waals surface area contributed by atoms with Crippen molar-refractivity contribution in [3.05, 3.63) is 0 Å². The Morgan fingerprint density at radius 1 is 0.962 bits per heavy atom. The second kappa shape index (κ2) is 10.6. The first kappa shape index (κ1) is 26.7. The van der Waals surface area contributed by atoms with E-state index in [4.69, 9.17) is 0 Å². The summed E-state index contributed by atoms with van der Waals surface area (Å²) in [6.45, 7) is 9.54. The summed E-state index contributed by atoms with van der Waals surface area (Å²) in [6, 6.07) is 0. The van der Waals surface area contributed by atoms with Gasteiger partial charge in [-0.15, -0.1) is 0 Å². The number of ether oxygens (including phenoxy) is 2. The third-order valence-electron chi connectivity index (χ3n) is 3.30. The molecule has 0 aliphatic rings. The van der Waals surface area contributed by atoms with E-state index in [0.29, 0.717) is 12.8 Å². The number of hydrogen-bond acceptors (Lipinski definition) is 4. The van der Waals surface area contributed by atoms with Crippen LogP contribution in [0.15, 0.2) is 0 Å². The van der Waals surface area contributed by atoms with Gasteiger partial charge in [0.1, 0.15) is 0 Å². The lowest BCUT2D eigenvalue weighted by Crippen LogP contribution is -2.46. The second-order valence-electron chi connectivity index (χ2n) is 6.04. The molecule has 0 rings (SSSR count). The van der Waals surface area contributed by atoms with E-state index in [9.17, 15) is 35.9 Å². The normalized spacial score (nSPS) is 14.4. The summed E-state index contributed by atoms with van der Waals surface area (Å²) in [5.74, 6) is -2.72. The molecular formula is C16H26F6O4. The van der Waals surface area contributed by atoms with Gasteiger partial charge in [-0.25, -0.2) is 4.79 Å². The average Bonchev–Trinajstić information content (AvgIpc) is 2.49. The highest BCUT2D eigenvalue weighted by molar-refractivity contribution is 5.80. The fourth-order valence-corrected chi connectivity index (χ4v) is 2.06. The molecule has 156 valence electrons. The quantitative estimate of drug-likeness (QED) is 0.446. The minimum absolute atomic E-state index is 0.0919. The van der Waals surface area contributed by atoms with E-state index >= 15 is 0 Å². The molecule has 0 saturated carbocycles. The molecule has 0 radical (unpaired) electrons. The topological polar surface area (TPSA) is 52.6 Å². The van der Waals surface area contributed by atoms with E-state index in [1.165, 1.54) is 6.92 Å². The molecule has 0 aromatic heterocycles. The summed E-state index contributed by atoms with van der Waals surface area (Å²) in [6.07, 6.45) is -15.2. The molecule has 0 aromatic rings. The zero-order valence-electron chi connectivity index (χ0n) is 15.7. The molecule has 10 heteroatoms. The molecule has 26 heavy (non-hydrogen) atoms. The first-order valence-electron chi connectivity index (χ1n) is 8.13. The van der Waals surface area contributed by atoms with Crippen molar-refractivity contribution in [3.8, 4) is 0 Å². The molecule has 0 amide bonds. The molecule has 0 heterocycles. The van der Waals surface area contributed by atoms with E-state index in [0.717, 1.165) is 0 Å². The van der Waals surface area contributed by atoms with Gasteiger partial charge in [0, 0.05) is 0 Å². The van der Waals surface area contributed by atoms with Gasteiger partial charge in [-0.2, -0.15) is 26.3 Å². The van der Waals surface area contributed by atoms with Gasteiger partial charge >= 0.3 is 24.3 Å². The molecule has 0 aliphatic heterocycles. The predicted octanol–water partition coefficient (Wildman–Crippen LogP) is 5.05. The number of rotatable bonds is 7. The Kier molecular flexibility index (Phi) is 10.9. The zero-order chi connectivity index (χ0) is 21.3. The van der Waals surface area contributed by atoms with Gasteiger partial charge in [-0.05, 0) is 25.7 Å². The van der Waals surface area contributed by atoms with Crippen molar-refractivity contribution in [1.82, 2.24) is 0 Å². The largest absolute Gasteiger partial charge is 0.453 e. The van der Waals surface area contributed by atoms with E-state index < -0.39 is 42.4 Å². The fraction of sp³-hybridized carbons (Fsp3) is 0.875. The Morgan fingerprint density at radius 3 is 1.69 bits per heavy atom. The van der Waals surface area contributed by atoms with Crippen LogP contribution in [0.4, 0.5) is 26.3 Å². The highest BCUT2D eigenvalue weighted by atomic mass is 19.4. The average molecular weight is 396 g/mol. The van der Waals surface area contributed by atoms with Gasteiger partial charge in [-0.1, -0.05) is 34.6 Å². The third kappa shape index (κ3) is 9.28. The summed E-state index contributed by atoms with van der Waals surface area (Å²) in [5.41, 5.74) is -0.998. The molecule has 0 spiro atoms. The monoisotopic (exact) mass is 396 g/mol. The van der Waals surface area contributed by atoms with Gasteiger partial charge in [0.2, 0.25) is 0 Å². The maximum atomic E-state index is 12.3. The number of carbonyl (C=O) groups excluding carboxylic acids is 2. The molecule has 0 bridgehead atoms. The maximum Gasteiger partial charge on any atom is 0.434 e. The fourth-order valence-electron chi connectivity index (χ4n) is 2.06. The number of hydrogen-bond donors (Lipinski definition) is 0. The Bertz CT molecular complexity index is 431. The highest BCUT2D eigenvalue weighted by Crippen LogP contribution is 2.36. The lowest BCUT2D eigenvalue weighted by atomic mass is 9.80. The Balaban J connectivity index is 0. The summed E-state index contributed by atoms with van der Waals surface area (Å²) in [7, 11) is 0. The van der Waals surface area contributed by atoms with Crippen LogP contribution in [0, 0.1) is 11.3 Å². The predicted molar refractivity (Wildman–Crippen MR) is 82.2 cm³/mol. The van der Waals surface area contributed by atoms with Crippen molar-refractivity contribution in [2.75, 3.05) is 6.61 Å². The molecule has 0 saturated heterocycles. The maximum absolute atomic E-state index is 12.3. The number of carbonyl (C=O) groups is 2. The molecule has 0 fully saturated rings. The van der Waals surface area contributed by atoms with E-state index in [1.54, 1.807) is 6.92 Å². The van der Waals surface area contributed by atoms with E-state index in [1.807, 2.05) is 27.7 Å². The molecule has 0 aromatic carbocycles. The smallest absolute Gasteiger partial charge is 0.434 e. The Morgan fingerprint density at radius 2 is 1.38 bits per heavy atom. The van der Waals surface area contributed by atoms with Crippen molar-refractivity contribution < 1.29 is 45.4 Å². The highest BCUT2D eigenvalue weighted by Gasteiger charge is 2.59. The van der Waals surface area contributed by atoms with Crippen LogP contribution in [0.1, 0.15) is 54.4 Å². The Labute approximate surface area is 149 Å². The van der Waals surface area contributed by atoms with Crippen LogP contribution in [-0.2, 0) is 19.1 Å². The molecule has 4 nitrogen and oxygen atoms in total. The summed E-state index contributed by atoms with van der Waals surface area (Å²) in [5, 5.41) is 0. The first-order chi connectivity index (χ1) is 11.6. The lowest BCUT2D eigenvalue weighted by molar-refractivity contribution is -0.313. The summed E-state index contributed by atoms with van der Waals surface area (Å²) in [4.78, 5) is 23.1. The standard InChI is InChI=1S/C14H20F6O4.C2H6/c1-5-12(4,6-8(2)3)11(22)23-7-9(21)24-10(13(15,16)17)14(18,19)20;1-2/h8,10H,5-7H2,1-4H3;1-2H3. The van der Waals surface area contributed by atoms with Gasteiger partial charge in [0.25, 0.3) is 6.10 Å². The lowest BCUT2D eigenvalue weighted by Gasteiger charge is -2.28. The molecule has 1 atom stereocenters. The van der Waals surface area contributed by atoms with Crippen LogP contribution in [0.5, 0.6) is 0 Å². The van der Waals surface area contributed by atoms with Gasteiger partial charge in [-0.3, -0.25) is 4.79 Å². The van der Waals surface area contributed by atoms with Gasteiger partial charge in [0.15, 0.2) is 6.61 Å². The van der Waals surface area contributed by atoms with Crippen molar-refractivity contribution in [2.24, 2.45) is 11.3 Å². The minimum Gasteiger partial charge on any atom is -0.453 e. The molecule has 1 unspecified atom stereocenters. The molecule has 0 aliphatic carbocycles. The van der Waals surface area contributed by atoms with Crippen molar-refractivity contribution >= 4 is 11.9 Å². The molecule has 0 N–H and O–H groups in total. The summed E-state index contributed by atoms with van der Waals surface area (Å²) >= 11 is 0. The van der Waals surface area contributed by atoms with Gasteiger partial charge < -0.3 is 9.47 Å². The zero-order valence-corrected chi connectivity index (χ0v) is 15.7. The molecular weight excluding hydrogens is 370 g/mol. The number of esters is 2. The van der Waals surface area contributed by atoms with Crippen LogP contribution in [0.25, 0.3) is 0 Å². The van der Waals surface area contributed by atoms with Crippen LogP contribution in [-0.4, -0.2) is 37.0 Å². The summed E-state index contributed by atoms with van der Waals surface area (Å²) < 4.78 is 81.5. The first-order valence-corrected chi connectivity index (χ1v) is 8.13. The SMILES string of the molecule is CC.CCC(C)(CC(C)C)C(=O)OCC(=O)OC(C(F)(F)F)C(F)(F)F. The minimum atomic E-state index is -5.81. The van der Waals surface area contributed by atoms with E-state index in [2.05, 4.69) is 9.47 Å². The van der Waals surface area contributed by atoms with Crippen LogP contribution in [0.3, 0.4) is 0 Å². The van der Waals surface area contributed by atoms with Crippen LogP contribution >= 0.6 is 0 Å².